The van der Waals surface area contributed by atoms with Gasteiger partial charge in [-0.1, -0.05) is 24.3 Å². The lowest BCUT2D eigenvalue weighted by atomic mass is 10.2. The number of hydrogen-bond donors (Lipinski definition) is 1. The molecular weight excluding hydrogens is 252 g/mol. The van der Waals surface area contributed by atoms with Gasteiger partial charge in [-0.2, -0.15) is 0 Å². The summed E-state index contributed by atoms with van der Waals surface area (Å²) in [6.45, 7) is 1.89. The Balaban J connectivity index is 1.55. The van der Waals surface area contributed by atoms with E-state index in [4.69, 9.17) is 0 Å². The molecule has 2 heterocycles. The smallest absolute Gasteiger partial charge is 0.0416 e. The zero-order valence-electron chi connectivity index (χ0n) is 10.7. The highest BCUT2D eigenvalue weighted by atomic mass is 32.1. The van der Waals surface area contributed by atoms with Gasteiger partial charge >= 0.3 is 0 Å². The molecule has 2 nitrogen and oxygen atoms in total. The number of rotatable bonds is 5. The van der Waals surface area contributed by atoms with E-state index in [1.165, 1.54) is 15.6 Å². The molecule has 3 heteroatoms. The fraction of sp³-hybridized carbons (Fsp3) is 0.188. The van der Waals surface area contributed by atoms with Crippen molar-refractivity contribution < 1.29 is 0 Å². The van der Waals surface area contributed by atoms with Crippen LogP contribution >= 0.6 is 11.3 Å². The summed E-state index contributed by atoms with van der Waals surface area (Å²) < 4.78 is 1.36. The maximum absolute atomic E-state index is 4.33. The summed E-state index contributed by atoms with van der Waals surface area (Å²) in [6.07, 6.45) is 2.82. The second-order valence-electron chi connectivity index (χ2n) is 4.50. The molecule has 3 aromatic rings. The van der Waals surface area contributed by atoms with Gasteiger partial charge in [0.15, 0.2) is 0 Å². The Kier molecular flexibility index (Phi) is 3.86. The van der Waals surface area contributed by atoms with Crippen LogP contribution in [0.25, 0.3) is 10.1 Å². The highest BCUT2D eigenvalue weighted by Gasteiger charge is 2.02. The molecule has 19 heavy (non-hydrogen) atoms. The van der Waals surface area contributed by atoms with Crippen molar-refractivity contribution in [1.82, 2.24) is 10.3 Å². The average molecular weight is 268 g/mol. The Morgan fingerprint density at radius 2 is 1.95 bits per heavy atom. The predicted molar refractivity (Wildman–Crippen MR) is 81.5 cm³/mol. The van der Waals surface area contributed by atoms with Gasteiger partial charge < -0.3 is 5.32 Å². The van der Waals surface area contributed by atoms with Crippen molar-refractivity contribution in [3.8, 4) is 0 Å². The molecule has 96 valence electrons. The van der Waals surface area contributed by atoms with Crippen molar-refractivity contribution in [2.45, 2.75) is 13.0 Å². The molecule has 0 atom stereocenters. The molecule has 0 bridgehead atoms. The quantitative estimate of drug-likeness (QED) is 0.715. The van der Waals surface area contributed by atoms with Gasteiger partial charge in [0.25, 0.3) is 0 Å². The lowest BCUT2D eigenvalue weighted by Gasteiger charge is -2.03. The van der Waals surface area contributed by atoms with E-state index in [1.54, 1.807) is 0 Å². The van der Waals surface area contributed by atoms with Crippen molar-refractivity contribution >= 4 is 21.4 Å². The highest BCUT2D eigenvalue weighted by Crippen LogP contribution is 2.25. The fourth-order valence-corrected chi connectivity index (χ4v) is 3.12. The van der Waals surface area contributed by atoms with E-state index in [9.17, 15) is 0 Å². The molecule has 1 aromatic carbocycles. The van der Waals surface area contributed by atoms with E-state index >= 15 is 0 Å². The summed E-state index contributed by atoms with van der Waals surface area (Å²) in [7, 11) is 0. The number of nitrogens with one attached hydrogen (secondary N) is 1. The van der Waals surface area contributed by atoms with Crippen molar-refractivity contribution in [3.05, 3.63) is 65.3 Å². The van der Waals surface area contributed by atoms with Crippen molar-refractivity contribution in [3.63, 3.8) is 0 Å². The molecule has 0 aliphatic rings. The Bertz CT molecular complexity index is 646. The SMILES string of the molecule is c1ccc(CCNCc2csc3ccccc23)nc1. The molecule has 0 unspecified atom stereocenters. The molecule has 3 rings (SSSR count). The number of aromatic nitrogens is 1. The maximum Gasteiger partial charge on any atom is 0.0416 e. The summed E-state index contributed by atoms with van der Waals surface area (Å²) in [5.74, 6) is 0. The van der Waals surface area contributed by atoms with Crippen molar-refractivity contribution in [2.75, 3.05) is 6.54 Å². The monoisotopic (exact) mass is 268 g/mol. The Morgan fingerprint density at radius 3 is 2.84 bits per heavy atom. The van der Waals surface area contributed by atoms with Gasteiger partial charge in [-0.3, -0.25) is 4.98 Å². The van der Waals surface area contributed by atoms with Gasteiger partial charge in [-0.05, 0) is 34.5 Å². The number of hydrogen-bond acceptors (Lipinski definition) is 3. The number of benzene rings is 1. The lowest BCUT2D eigenvalue weighted by Crippen LogP contribution is -2.16. The van der Waals surface area contributed by atoms with Crippen LogP contribution in [-0.4, -0.2) is 11.5 Å². The summed E-state index contributed by atoms with van der Waals surface area (Å²) >= 11 is 1.82. The van der Waals surface area contributed by atoms with E-state index in [0.29, 0.717) is 0 Å². The van der Waals surface area contributed by atoms with Crippen LogP contribution in [-0.2, 0) is 13.0 Å². The average Bonchev–Trinajstić information content (AvgIpc) is 2.88. The molecule has 0 radical (unpaired) electrons. The number of fused-ring (bicyclic) bond motifs is 1. The molecule has 0 fully saturated rings. The highest BCUT2D eigenvalue weighted by molar-refractivity contribution is 7.17. The molecule has 2 aromatic heterocycles. The summed E-state index contributed by atoms with van der Waals surface area (Å²) in [6, 6.07) is 14.6. The first kappa shape index (κ1) is 12.3. The molecule has 0 aliphatic heterocycles. The van der Waals surface area contributed by atoms with Gasteiger partial charge in [-0.25, -0.2) is 0 Å². The van der Waals surface area contributed by atoms with Crippen LogP contribution in [0.4, 0.5) is 0 Å². The largest absolute Gasteiger partial charge is 0.312 e. The van der Waals surface area contributed by atoms with Crippen LogP contribution in [0.2, 0.25) is 0 Å². The third-order valence-corrected chi connectivity index (χ3v) is 4.17. The first-order valence-electron chi connectivity index (χ1n) is 6.49. The summed E-state index contributed by atoms with van der Waals surface area (Å²) in [4.78, 5) is 4.33. The molecule has 0 saturated heterocycles. The Labute approximate surface area is 117 Å². The van der Waals surface area contributed by atoms with Crippen LogP contribution in [0, 0.1) is 0 Å². The molecule has 0 amide bonds. The zero-order valence-corrected chi connectivity index (χ0v) is 11.5. The van der Waals surface area contributed by atoms with Gasteiger partial charge in [0.2, 0.25) is 0 Å². The van der Waals surface area contributed by atoms with Crippen LogP contribution in [0.5, 0.6) is 0 Å². The number of pyridine rings is 1. The van der Waals surface area contributed by atoms with Gasteiger partial charge in [0.1, 0.15) is 0 Å². The fourth-order valence-electron chi connectivity index (χ4n) is 2.16. The number of nitrogens with zero attached hydrogens (tertiary/aromatic N) is 1. The van der Waals surface area contributed by atoms with Gasteiger partial charge in [0, 0.05) is 36.1 Å². The zero-order chi connectivity index (χ0) is 12.9. The van der Waals surface area contributed by atoms with Gasteiger partial charge in [0.05, 0.1) is 0 Å². The lowest BCUT2D eigenvalue weighted by molar-refractivity contribution is 0.683. The van der Waals surface area contributed by atoms with E-state index in [-0.39, 0.29) is 0 Å². The second-order valence-corrected chi connectivity index (χ2v) is 5.42. The Hall–Kier alpha value is -1.71. The third kappa shape index (κ3) is 3.00. The van der Waals surface area contributed by atoms with Crippen LogP contribution in [0.15, 0.2) is 54.0 Å². The van der Waals surface area contributed by atoms with E-state index in [1.807, 2.05) is 29.7 Å². The van der Waals surface area contributed by atoms with E-state index in [2.05, 4.69) is 46.0 Å². The summed E-state index contributed by atoms with van der Waals surface area (Å²) in [5.41, 5.74) is 2.53. The van der Waals surface area contributed by atoms with Gasteiger partial charge in [-0.15, -0.1) is 11.3 Å². The van der Waals surface area contributed by atoms with E-state index < -0.39 is 0 Å². The van der Waals surface area contributed by atoms with Crippen molar-refractivity contribution in [1.29, 1.82) is 0 Å². The number of thiophene rings is 1. The minimum Gasteiger partial charge on any atom is -0.312 e. The molecule has 0 saturated carbocycles. The first-order chi connectivity index (χ1) is 9.43. The normalized spacial score (nSPS) is 10.9. The molecule has 0 spiro atoms. The van der Waals surface area contributed by atoms with Crippen LogP contribution < -0.4 is 5.32 Å². The summed E-state index contributed by atoms with van der Waals surface area (Å²) in [5, 5.41) is 7.12. The van der Waals surface area contributed by atoms with Crippen LogP contribution in [0.3, 0.4) is 0 Å². The topological polar surface area (TPSA) is 24.9 Å². The second kappa shape index (κ2) is 5.95. The van der Waals surface area contributed by atoms with Crippen molar-refractivity contribution in [2.24, 2.45) is 0 Å². The first-order valence-corrected chi connectivity index (χ1v) is 7.37. The molecular formula is C16H16N2S. The third-order valence-electron chi connectivity index (χ3n) is 3.16. The van der Waals surface area contributed by atoms with Crippen LogP contribution in [0.1, 0.15) is 11.3 Å². The Morgan fingerprint density at radius 1 is 1.05 bits per heavy atom. The predicted octanol–water partition coefficient (Wildman–Crippen LogP) is 3.63. The maximum atomic E-state index is 4.33. The molecule has 0 aliphatic carbocycles. The molecule has 1 N–H and O–H groups in total. The standard InChI is InChI=1S/C16H16N2S/c1-2-7-16-15(6-1)13(12-19-16)11-17-10-8-14-5-3-4-9-18-14/h1-7,9,12,17H,8,10-11H2. The minimum absolute atomic E-state index is 0.927. The minimum atomic E-state index is 0.927. The van der Waals surface area contributed by atoms with E-state index in [0.717, 1.165) is 25.2 Å².